The standard InChI is InChI=1S/C13H13N3O2/c1-8-6-9-2-4-16(12(9)7-10(8)14)13(17)11-3-5-18-15-11/h3,5-7H,2,4,14H2,1H3. The van der Waals surface area contributed by atoms with E-state index in [4.69, 9.17) is 10.3 Å². The van der Waals surface area contributed by atoms with Crippen molar-refractivity contribution in [3.05, 3.63) is 41.3 Å². The number of fused-ring (bicyclic) bond motifs is 1. The van der Waals surface area contributed by atoms with Crippen LogP contribution in [-0.4, -0.2) is 17.6 Å². The highest BCUT2D eigenvalue weighted by atomic mass is 16.5. The van der Waals surface area contributed by atoms with Crippen molar-refractivity contribution in [3.63, 3.8) is 0 Å². The molecule has 2 N–H and O–H groups in total. The summed E-state index contributed by atoms with van der Waals surface area (Å²) in [6.45, 7) is 2.63. The lowest BCUT2D eigenvalue weighted by Gasteiger charge is -2.16. The van der Waals surface area contributed by atoms with Gasteiger partial charge >= 0.3 is 0 Å². The Morgan fingerprint density at radius 3 is 3.06 bits per heavy atom. The summed E-state index contributed by atoms with van der Waals surface area (Å²) in [7, 11) is 0. The third-order valence-electron chi connectivity index (χ3n) is 3.26. The second-order valence-electron chi connectivity index (χ2n) is 4.43. The number of nitrogens with two attached hydrogens (primary N) is 1. The Hall–Kier alpha value is -2.30. The van der Waals surface area contributed by atoms with E-state index in [-0.39, 0.29) is 5.91 Å². The highest BCUT2D eigenvalue weighted by molar-refractivity contribution is 6.06. The lowest BCUT2D eigenvalue weighted by atomic mass is 10.1. The van der Waals surface area contributed by atoms with Crippen molar-refractivity contribution in [2.45, 2.75) is 13.3 Å². The number of benzene rings is 1. The number of aryl methyl sites for hydroxylation is 1. The number of carbonyl (C=O) groups is 1. The Morgan fingerprint density at radius 2 is 2.33 bits per heavy atom. The van der Waals surface area contributed by atoms with Crippen LogP contribution in [0.2, 0.25) is 0 Å². The summed E-state index contributed by atoms with van der Waals surface area (Å²) in [6.07, 6.45) is 2.24. The van der Waals surface area contributed by atoms with Crippen LogP contribution in [0.1, 0.15) is 21.6 Å². The SMILES string of the molecule is Cc1cc2c(cc1N)N(C(=O)c1ccon1)CC2. The van der Waals surface area contributed by atoms with Crippen LogP contribution in [0.25, 0.3) is 0 Å². The Morgan fingerprint density at radius 1 is 1.50 bits per heavy atom. The smallest absolute Gasteiger partial charge is 0.280 e. The molecule has 0 atom stereocenters. The van der Waals surface area contributed by atoms with E-state index < -0.39 is 0 Å². The Labute approximate surface area is 104 Å². The molecule has 0 aliphatic carbocycles. The molecule has 18 heavy (non-hydrogen) atoms. The van der Waals surface area contributed by atoms with Gasteiger partial charge in [0.1, 0.15) is 6.26 Å². The number of hydrogen-bond acceptors (Lipinski definition) is 4. The number of nitrogens with zero attached hydrogens (tertiary/aromatic N) is 2. The fraction of sp³-hybridized carbons (Fsp3) is 0.231. The molecule has 0 saturated heterocycles. The average Bonchev–Trinajstić information content (AvgIpc) is 2.98. The molecule has 1 aliphatic rings. The summed E-state index contributed by atoms with van der Waals surface area (Å²) in [5.74, 6) is -0.147. The van der Waals surface area contributed by atoms with Crippen molar-refractivity contribution >= 4 is 17.3 Å². The van der Waals surface area contributed by atoms with Gasteiger partial charge in [0.25, 0.3) is 5.91 Å². The molecule has 1 amide bonds. The van der Waals surface area contributed by atoms with Gasteiger partial charge in [-0.2, -0.15) is 0 Å². The van der Waals surface area contributed by atoms with Gasteiger partial charge in [-0.05, 0) is 30.5 Å². The minimum atomic E-state index is -0.147. The number of anilines is 2. The van der Waals surface area contributed by atoms with Gasteiger partial charge in [0.15, 0.2) is 5.69 Å². The first-order valence-corrected chi connectivity index (χ1v) is 5.78. The van der Waals surface area contributed by atoms with Crippen molar-refractivity contribution in [3.8, 4) is 0 Å². The third-order valence-corrected chi connectivity index (χ3v) is 3.26. The number of hydrogen-bond donors (Lipinski definition) is 1. The fourth-order valence-corrected chi connectivity index (χ4v) is 2.25. The molecule has 2 heterocycles. The molecule has 2 aromatic rings. The summed E-state index contributed by atoms with van der Waals surface area (Å²) >= 11 is 0. The van der Waals surface area contributed by atoms with E-state index in [2.05, 4.69) is 5.16 Å². The van der Waals surface area contributed by atoms with Crippen LogP contribution in [0.15, 0.2) is 29.0 Å². The molecule has 1 aromatic carbocycles. The highest BCUT2D eigenvalue weighted by Crippen LogP contribution is 2.32. The number of aromatic nitrogens is 1. The molecule has 0 spiro atoms. The quantitative estimate of drug-likeness (QED) is 0.775. The van der Waals surface area contributed by atoms with E-state index in [1.165, 1.54) is 6.26 Å². The van der Waals surface area contributed by atoms with Gasteiger partial charge in [-0.15, -0.1) is 0 Å². The lowest BCUT2D eigenvalue weighted by Crippen LogP contribution is -2.29. The summed E-state index contributed by atoms with van der Waals surface area (Å²) < 4.78 is 4.70. The van der Waals surface area contributed by atoms with Gasteiger partial charge in [0.05, 0.1) is 0 Å². The summed E-state index contributed by atoms with van der Waals surface area (Å²) in [5.41, 5.74) is 10.0. The van der Waals surface area contributed by atoms with Gasteiger partial charge < -0.3 is 15.2 Å². The van der Waals surface area contributed by atoms with Crippen molar-refractivity contribution in [1.82, 2.24) is 5.16 Å². The summed E-state index contributed by atoms with van der Waals surface area (Å²) in [5, 5.41) is 3.68. The van der Waals surface area contributed by atoms with Gasteiger partial charge in [0.2, 0.25) is 0 Å². The Balaban J connectivity index is 2.00. The van der Waals surface area contributed by atoms with E-state index >= 15 is 0 Å². The first-order chi connectivity index (χ1) is 8.66. The van der Waals surface area contributed by atoms with E-state index in [0.717, 1.165) is 23.2 Å². The minimum absolute atomic E-state index is 0.147. The van der Waals surface area contributed by atoms with Crippen LogP contribution < -0.4 is 10.6 Å². The predicted molar refractivity (Wildman–Crippen MR) is 67.5 cm³/mol. The Bertz CT molecular complexity index is 605. The molecule has 0 fully saturated rings. The molecule has 0 bridgehead atoms. The Kier molecular flexibility index (Phi) is 2.33. The predicted octanol–water partition coefficient (Wildman–Crippen LogP) is 1.77. The van der Waals surface area contributed by atoms with Crippen LogP contribution >= 0.6 is 0 Å². The molecule has 5 nitrogen and oxygen atoms in total. The van der Waals surface area contributed by atoms with Gasteiger partial charge in [0, 0.05) is 24.0 Å². The van der Waals surface area contributed by atoms with E-state index in [1.807, 2.05) is 19.1 Å². The molecule has 0 unspecified atom stereocenters. The molecule has 0 radical (unpaired) electrons. The second-order valence-corrected chi connectivity index (χ2v) is 4.43. The van der Waals surface area contributed by atoms with Crippen molar-refractivity contribution < 1.29 is 9.32 Å². The number of carbonyl (C=O) groups excluding carboxylic acids is 1. The number of amides is 1. The zero-order chi connectivity index (χ0) is 12.7. The van der Waals surface area contributed by atoms with Crippen LogP contribution in [0.3, 0.4) is 0 Å². The normalized spacial score (nSPS) is 13.7. The van der Waals surface area contributed by atoms with E-state index in [9.17, 15) is 4.79 Å². The average molecular weight is 243 g/mol. The van der Waals surface area contributed by atoms with Gasteiger partial charge in [-0.1, -0.05) is 11.2 Å². The maximum atomic E-state index is 12.2. The molecular formula is C13H13N3O2. The van der Waals surface area contributed by atoms with Gasteiger partial charge in [-0.3, -0.25) is 4.79 Å². The second kappa shape index (κ2) is 3.87. The molecular weight excluding hydrogens is 230 g/mol. The molecule has 1 aliphatic heterocycles. The maximum absolute atomic E-state index is 12.2. The van der Waals surface area contributed by atoms with Gasteiger partial charge in [-0.25, -0.2) is 0 Å². The number of rotatable bonds is 1. The summed E-state index contributed by atoms with van der Waals surface area (Å²) in [4.78, 5) is 13.9. The minimum Gasteiger partial charge on any atom is -0.398 e. The van der Waals surface area contributed by atoms with Crippen LogP contribution in [0.5, 0.6) is 0 Å². The van der Waals surface area contributed by atoms with Crippen molar-refractivity contribution in [2.24, 2.45) is 0 Å². The maximum Gasteiger partial charge on any atom is 0.280 e. The molecule has 3 rings (SSSR count). The fourth-order valence-electron chi connectivity index (χ4n) is 2.25. The zero-order valence-electron chi connectivity index (χ0n) is 10.0. The monoisotopic (exact) mass is 243 g/mol. The third kappa shape index (κ3) is 1.55. The highest BCUT2D eigenvalue weighted by Gasteiger charge is 2.27. The van der Waals surface area contributed by atoms with Crippen LogP contribution in [0.4, 0.5) is 11.4 Å². The zero-order valence-corrected chi connectivity index (χ0v) is 10.0. The van der Waals surface area contributed by atoms with Crippen molar-refractivity contribution in [1.29, 1.82) is 0 Å². The molecule has 1 aromatic heterocycles. The first kappa shape index (κ1) is 10.8. The largest absolute Gasteiger partial charge is 0.398 e. The van der Waals surface area contributed by atoms with E-state index in [0.29, 0.717) is 17.9 Å². The lowest BCUT2D eigenvalue weighted by molar-refractivity contribution is 0.0980. The van der Waals surface area contributed by atoms with Crippen LogP contribution in [0, 0.1) is 6.92 Å². The topological polar surface area (TPSA) is 72.4 Å². The summed E-state index contributed by atoms with van der Waals surface area (Å²) in [6, 6.07) is 5.47. The van der Waals surface area contributed by atoms with Crippen molar-refractivity contribution in [2.75, 3.05) is 17.2 Å². The first-order valence-electron chi connectivity index (χ1n) is 5.78. The molecule has 0 saturated carbocycles. The van der Waals surface area contributed by atoms with E-state index in [1.54, 1.807) is 11.0 Å². The molecule has 92 valence electrons. The van der Waals surface area contributed by atoms with Crippen LogP contribution in [-0.2, 0) is 6.42 Å². The molecule has 5 heteroatoms. The number of nitrogen functional groups attached to an aromatic ring is 1.